The number of nitrogens with zero attached hydrogens (tertiary/aromatic N) is 3. The summed E-state index contributed by atoms with van der Waals surface area (Å²) in [4.78, 5) is 19.0. The fourth-order valence-electron chi connectivity index (χ4n) is 1.91. The minimum Gasteiger partial charge on any atom is -0.300 e. The zero-order chi connectivity index (χ0) is 12.7. The Morgan fingerprint density at radius 2 is 1.94 bits per heavy atom. The third-order valence-corrected chi connectivity index (χ3v) is 3.39. The number of H-pyrrole nitrogens is 1. The lowest BCUT2D eigenvalue weighted by Crippen LogP contribution is -2.11. The Morgan fingerprint density at radius 3 is 2.72 bits per heavy atom. The van der Waals surface area contributed by atoms with E-state index in [2.05, 4.69) is 20.2 Å². The van der Waals surface area contributed by atoms with E-state index in [-0.39, 0.29) is 11.1 Å². The first-order valence-electron chi connectivity index (χ1n) is 5.40. The lowest BCUT2D eigenvalue weighted by molar-refractivity contribution is 0.958. The predicted molar refractivity (Wildman–Crippen MR) is 72.0 cm³/mol. The molecule has 0 amide bonds. The smallest absolute Gasteiger partial charge is 0.280 e. The summed E-state index contributed by atoms with van der Waals surface area (Å²) in [6, 6.07) is 5.81. The Bertz CT molecular complexity index is 812. The van der Waals surface area contributed by atoms with Gasteiger partial charge < -0.3 is 0 Å². The van der Waals surface area contributed by atoms with Crippen molar-refractivity contribution in [2.45, 2.75) is 12.1 Å². The number of aromatic nitrogens is 4. The van der Waals surface area contributed by atoms with Crippen LogP contribution in [-0.2, 0) is 0 Å². The van der Waals surface area contributed by atoms with Crippen LogP contribution in [0.5, 0.6) is 0 Å². The molecule has 3 rings (SSSR count). The van der Waals surface area contributed by atoms with Crippen LogP contribution in [0, 0.1) is 6.92 Å². The normalized spacial score (nSPS) is 11.2. The van der Waals surface area contributed by atoms with E-state index in [1.807, 2.05) is 31.4 Å². The highest BCUT2D eigenvalue weighted by atomic mass is 32.2. The average Bonchev–Trinajstić information content (AvgIpc) is 2.39. The van der Waals surface area contributed by atoms with Crippen LogP contribution >= 0.6 is 11.8 Å². The molecule has 0 saturated carbocycles. The van der Waals surface area contributed by atoms with Gasteiger partial charge in [-0.3, -0.25) is 9.78 Å². The first-order chi connectivity index (χ1) is 8.70. The van der Waals surface area contributed by atoms with E-state index >= 15 is 0 Å². The van der Waals surface area contributed by atoms with E-state index in [9.17, 15) is 4.79 Å². The third kappa shape index (κ3) is 1.57. The van der Waals surface area contributed by atoms with Crippen LogP contribution in [-0.4, -0.2) is 26.4 Å². The van der Waals surface area contributed by atoms with Crippen molar-refractivity contribution >= 4 is 33.7 Å². The first kappa shape index (κ1) is 11.2. The number of nitrogens with one attached hydrogen (secondary N) is 1. The van der Waals surface area contributed by atoms with E-state index in [0.717, 1.165) is 16.5 Å². The van der Waals surface area contributed by atoms with Crippen LogP contribution in [0.4, 0.5) is 0 Å². The van der Waals surface area contributed by atoms with E-state index in [0.29, 0.717) is 10.7 Å². The number of aromatic amines is 1. The van der Waals surface area contributed by atoms with Gasteiger partial charge in [-0.1, -0.05) is 30.0 Å². The first-order valence-corrected chi connectivity index (χ1v) is 6.63. The third-order valence-electron chi connectivity index (χ3n) is 2.81. The van der Waals surface area contributed by atoms with E-state index in [4.69, 9.17) is 0 Å². The number of aryl methyl sites for hydroxylation is 1. The van der Waals surface area contributed by atoms with Crippen molar-refractivity contribution in [1.29, 1.82) is 0 Å². The molecule has 1 aromatic carbocycles. The molecule has 18 heavy (non-hydrogen) atoms. The number of thioether (sulfide) groups is 1. The number of hydrogen-bond acceptors (Lipinski definition) is 5. The van der Waals surface area contributed by atoms with Crippen LogP contribution in [0.1, 0.15) is 5.56 Å². The maximum Gasteiger partial charge on any atom is 0.280 e. The fraction of sp³-hybridized carbons (Fsp3) is 0.167. The molecule has 90 valence electrons. The van der Waals surface area contributed by atoms with E-state index in [1.54, 1.807) is 0 Å². The number of rotatable bonds is 1. The standard InChI is InChI=1S/C12H10N4OS/c1-6-4-3-5-7-8(6)15-16-10-9(7)13-12(18-2)14-11(10)17/h3-5H,1-2H3,(H,13,14,17). The molecule has 2 aromatic heterocycles. The zero-order valence-corrected chi connectivity index (χ0v) is 10.7. The van der Waals surface area contributed by atoms with Gasteiger partial charge >= 0.3 is 0 Å². The molecule has 0 saturated heterocycles. The van der Waals surface area contributed by atoms with Gasteiger partial charge in [0.2, 0.25) is 0 Å². The molecule has 0 atom stereocenters. The minimum atomic E-state index is -0.250. The summed E-state index contributed by atoms with van der Waals surface area (Å²) in [5.41, 5.74) is 2.45. The monoisotopic (exact) mass is 258 g/mol. The highest BCUT2D eigenvalue weighted by Gasteiger charge is 2.10. The molecule has 6 heteroatoms. The lowest BCUT2D eigenvalue weighted by Gasteiger charge is -2.04. The predicted octanol–water partition coefficient (Wildman–Crippen LogP) is 1.90. The zero-order valence-electron chi connectivity index (χ0n) is 9.89. The quantitative estimate of drug-likeness (QED) is 0.410. The van der Waals surface area contributed by atoms with Crippen molar-refractivity contribution in [1.82, 2.24) is 20.2 Å². The van der Waals surface area contributed by atoms with Gasteiger partial charge in [0.1, 0.15) is 5.52 Å². The van der Waals surface area contributed by atoms with E-state index in [1.165, 1.54) is 11.8 Å². The SMILES string of the molecule is CSc1nc2c(nnc3c(C)cccc32)c(=O)[nH]1. The molecule has 0 aliphatic rings. The molecular weight excluding hydrogens is 248 g/mol. The van der Waals surface area contributed by atoms with Crippen molar-refractivity contribution in [2.24, 2.45) is 0 Å². The average molecular weight is 258 g/mol. The molecule has 5 nitrogen and oxygen atoms in total. The molecule has 0 spiro atoms. The van der Waals surface area contributed by atoms with Crippen LogP contribution < -0.4 is 5.56 Å². The molecular formula is C12H10N4OS. The summed E-state index contributed by atoms with van der Waals surface area (Å²) in [5, 5.41) is 9.54. The second-order valence-corrected chi connectivity index (χ2v) is 4.74. The number of fused-ring (bicyclic) bond motifs is 3. The molecule has 3 aromatic rings. The Morgan fingerprint density at radius 1 is 1.17 bits per heavy atom. The number of benzene rings is 1. The molecule has 0 radical (unpaired) electrons. The Hall–Kier alpha value is -1.95. The summed E-state index contributed by atoms with van der Waals surface area (Å²) < 4.78 is 0. The largest absolute Gasteiger partial charge is 0.300 e. The Kier molecular flexibility index (Phi) is 2.52. The lowest BCUT2D eigenvalue weighted by atomic mass is 10.1. The summed E-state index contributed by atoms with van der Waals surface area (Å²) in [6.07, 6.45) is 1.87. The van der Waals surface area contributed by atoms with Crippen molar-refractivity contribution in [3.05, 3.63) is 34.1 Å². The van der Waals surface area contributed by atoms with Crippen LogP contribution in [0.3, 0.4) is 0 Å². The maximum atomic E-state index is 11.9. The van der Waals surface area contributed by atoms with Gasteiger partial charge in [-0.05, 0) is 18.7 Å². The summed E-state index contributed by atoms with van der Waals surface area (Å²) in [7, 11) is 0. The fourth-order valence-corrected chi connectivity index (χ4v) is 2.28. The molecule has 2 heterocycles. The summed E-state index contributed by atoms with van der Waals surface area (Å²) >= 11 is 1.40. The molecule has 0 unspecified atom stereocenters. The Labute approximate surface area is 107 Å². The van der Waals surface area contributed by atoms with Gasteiger partial charge in [0, 0.05) is 5.39 Å². The molecule has 0 bridgehead atoms. The van der Waals surface area contributed by atoms with Gasteiger partial charge in [0.15, 0.2) is 10.7 Å². The van der Waals surface area contributed by atoms with Gasteiger partial charge in [-0.2, -0.15) is 0 Å². The molecule has 1 N–H and O–H groups in total. The van der Waals surface area contributed by atoms with Crippen LogP contribution in [0.25, 0.3) is 21.9 Å². The summed E-state index contributed by atoms with van der Waals surface area (Å²) in [5.74, 6) is 0. The van der Waals surface area contributed by atoms with Gasteiger partial charge in [-0.25, -0.2) is 4.98 Å². The van der Waals surface area contributed by atoms with Crippen LogP contribution in [0.2, 0.25) is 0 Å². The second-order valence-electron chi connectivity index (χ2n) is 3.94. The minimum absolute atomic E-state index is 0.250. The maximum absolute atomic E-state index is 11.9. The molecule has 0 aliphatic carbocycles. The summed E-state index contributed by atoms with van der Waals surface area (Å²) in [6.45, 7) is 1.96. The van der Waals surface area contributed by atoms with Crippen molar-refractivity contribution in [3.63, 3.8) is 0 Å². The van der Waals surface area contributed by atoms with Crippen molar-refractivity contribution in [2.75, 3.05) is 6.26 Å². The molecule has 0 fully saturated rings. The van der Waals surface area contributed by atoms with E-state index < -0.39 is 0 Å². The van der Waals surface area contributed by atoms with Gasteiger partial charge in [-0.15, -0.1) is 10.2 Å². The van der Waals surface area contributed by atoms with Crippen molar-refractivity contribution < 1.29 is 0 Å². The highest BCUT2D eigenvalue weighted by molar-refractivity contribution is 7.98. The van der Waals surface area contributed by atoms with Gasteiger partial charge in [0.25, 0.3) is 5.56 Å². The van der Waals surface area contributed by atoms with Gasteiger partial charge in [0.05, 0.1) is 5.52 Å². The molecule has 0 aliphatic heterocycles. The highest BCUT2D eigenvalue weighted by Crippen LogP contribution is 2.21. The van der Waals surface area contributed by atoms with Crippen LogP contribution in [0.15, 0.2) is 28.2 Å². The topological polar surface area (TPSA) is 71.5 Å². The number of hydrogen-bond donors (Lipinski definition) is 1. The second kappa shape index (κ2) is 4.06. The van der Waals surface area contributed by atoms with Crippen molar-refractivity contribution in [3.8, 4) is 0 Å². The Balaban J connectivity index is 2.57.